The average molecular weight is 941 g/mol. The first kappa shape index (κ1) is 63.8. The van der Waals surface area contributed by atoms with Gasteiger partial charge in [0.2, 0.25) is 0 Å². The molecule has 0 aromatic heterocycles. The fourth-order valence-corrected chi connectivity index (χ4v) is 7.14. The average Bonchev–Trinajstić information content (AvgIpc) is 3.34. The van der Waals surface area contributed by atoms with Gasteiger partial charge in [-0.05, 0) is 109 Å². The molecule has 0 radical (unpaired) electrons. The van der Waals surface area contributed by atoms with Crippen LogP contribution in [0.4, 0.5) is 0 Å². The highest BCUT2D eigenvalue weighted by molar-refractivity contribution is 5.71. The SMILES string of the molecule is CC/C=C\C/C=C\C/C=C\C/C=C\C/C=C\C/C=C\CCCCC(=O)OCC(COC(=O)CCCCCCCCCCCCCCCC)OC(=O)CCCC/C=C\C/C=C\C/C=C\C/C=C\CC. The van der Waals surface area contributed by atoms with Gasteiger partial charge in [0.15, 0.2) is 6.10 Å². The minimum Gasteiger partial charge on any atom is -0.462 e. The molecular formula is C62H100O6. The molecule has 0 saturated heterocycles. The molecule has 6 nitrogen and oxygen atoms in total. The summed E-state index contributed by atoms with van der Waals surface area (Å²) in [5.74, 6) is -1.00. The molecule has 0 aromatic carbocycles. The van der Waals surface area contributed by atoms with Crippen molar-refractivity contribution >= 4 is 17.9 Å². The van der Waals surface area contributed by atoms with E-state index in [0.29, 0.717) is 25.7 Å². The minimum absolute atomic E-state index is 0.110. The summed E-state index contributed by atoms with van der Waals surface area (Å²) >= 11 is 0. The van der Waals surface area contributed by atoms with Gasteiger partial charge in [0.05, 0.1) is 0 Å². The lowest BCUT2D eigenvalue weighted by molar-refractivity contribution is -0.167. The van der Waals surface area contributed by atoms with Crippen LogP contribution in [-0.4, -0.2) is 37.2 Å². The molecule has 0 heterocycles. The maximum absolute atomic E-state index is 12.8. The minimum atomic E-state index is -0.819. The predicted octanol–water partition coefficient (Wildman–Crippen LogP) is 18.5. The smallest absolute Gasteiger partial charge is 0.306 e. The predicted molar refractivity (Wildman–Crippen MR) is 293 cm³/mol. The van der Waals surface area contributed by atoms with Gasteiger partial charge in [-0.25, -0.2) is 0 Å². The van der Waals surface area contributed by atoms with E-state index in [0.717, 1.165) is 109 Å². The molecular weight excluding hydrogens is 841 g/mol. The number of carbonyl (C=O) groups excluding carboxylic acids is 3. The molecule has 1 atom stereocenters. The Labute approximate surface area is 418 Å². The standard InChI is InChI=1S/C62H100O6/c1-4-7-10-13-16-19-22-25-28-29-30-31-32-33-35-37-40-43-46-49-52-55-61(64)67-58-59(57-66-60(63)54-51-48-45-42-39-36-27-24-21-18-15-12-9-6-3)68-62(65)56-53-50-47-44-41-38-34-26-23-20-17-14-11-8-5-2/h7-8,10-11,16-17,19-20,25-26,28,30-31,33-35,40-41,43-44,59H,4-6,9,12-15,18,21-24,27,29,32,36-39,42,45-58H2,1-3H3/b10-7-,11-8-,19-16-,20-17-,28-25-,31-30-,34-26-,35-33-,43-40-,44-41-. The first-order chi connectivity index (χ1) is 33.5. The van der Waals surface area contributed by atoms with Crippen molar-refractivity contribution in [1.82, 2.24) is 0 Å². The van der Waals surface area contributed by atoms with Gasteiger partial charge in [0.1, 0.15) is 13.2 Å². The Kier molecular flexibility index (Phi) is 52.0. The number of allylic oxidation sites excluding steroid dienone is 20. The molecule has 0 spiro atoms. The second-order valence-electron chi connectivity index (χ2n) is 17.7. The largest absolute Gasteiger partial charge is 0.462 e. The Bertz CT molecular complexity index is 1450. The lowest BCUT2D eigenvalue weighted by Crippen LogP contribution is -2.30. The third-order valence-corrected chi connectivity index (χ3v) is 11.2. The van der Waals surface area contributed by atoms with Gasteiger partial charge in [0, 0.05) is 19.3 Å². The zero-order chi connectivity index (χ0) is 49.3. The van der Waals surface area contributed by atoms with Crippen LogP contribution in [0.15, 0.2) is 122 Å². The molecule has 0 saturated carbocycles. The first-order valence-electron chi connectivity index (χ1n) is 27.5. The molecule has 0 bridgehead atoms. The van der Waals surface area contributed by atoms with Crippen molar-refractivity contribution in [2.24, 2.45) is 0 Å². The third kappa shape index (κ3) is 52.8. The fraction of sp³-hybridized carbons (Fsp3) is 0.629. The zero-order valence-corrected chi connectivity index (χ0v) is 43.8. The summed E-state index contributed by atoms with van der Waals surface area (Å²) in [7, 11) is 0. The second kappa shape index (κ2) is 55.4. The molecule has 0 fully saturated rings. The molecule has 0 aliphatic heterocycles. The van der Waals surface area contributed by atoms with Crippen molar-refractivity contribution in [3.05, 3.63) is 122 Å². The van der Waals surface area contributed by atoms with Crippen LogP contribution >= 0.6 is 0 Å². The topological polar surface area (TPSA) is 78.9 Å². The summed E-state index contributed by atoms with van der Waals surface area (Å²) in [6, 6.07) is 0. The molecule has 1 unspecified atom stereocenters. The fourth-order valence-electron chi connectivity index (χ4n) is 7.14. The van der Waals surface area contributed by atoms with E-state index in [-0.39, 0.29) is 37.5 Å². The summed E-state index contributed by atoms with van der Waals surface area (Å²) < 4.78 is 16.8. The number of esters is 3. The van der Waals surface area contributed by atoms with Crippen molar-refractivity contribution < 1.29 is 28.6 Å². The quantitative estimate of drug-likeness (QED) is 0.0262. The summed E-state index contributed by atoms with van der Waals surface area (Å²) in [5, 5.41) is 0. The molecule has 0 amide bonds. The van der Waals surface area contributed by atoms with Crippen LogP contribution in [0.2, 0.25) is 0 Å². The van der Waals surface area contributed by atoms with E-state index in [1.165, 1.54) is 70.6 Å². The van der Waals surface area contributed by atoms with E-state index in [9.17, 15) is 14.4 Å². The van der Waals surface area contributed by atoms with Crippen LogP contribution in [-0.2, 0) is 28.6 Å². The third-order valence-electron chi connectivity index (χ3n) is 11.2. The van der Waals surface area contributed by atoms with Crippen LogP contribution in [0.5, 0.6) is 0 Å². The van der Waals surface area contributed by atoms with Crippen LogP contribution in [0.25, 0.3) is 0 Å². The summed E-state index contributed by atoms with van der Waals surface area (Å²) in [5.41, 5.74) is 0. The van der Waals surface area contributed by atoms with E-state index in [1.807, 2.05) is 0 Å². The summed E-state index contributed by atoms with van der Waals surface area (Å²) in [4.78, 5) is 38.1. The van der Waals surface area contributed by atoms with E-state index < -0.39 is 6.10 Å². The number of hydrogen-bond donors (Lipinski definition) is 0. The van der Waals surface area contributed by atoms with E-state index in [2.05, 4.69) is 142 Å². The Balaban J connectivity index is 4.52. The van der Waals surface area contributed by atoms with E-state index in [4.69, 9.17) is 14.2 Å². The zero-order valence-electron chi connectivity index (χ0n) is 43.8. The van der Waals surface area contributed by atoms with Gasteiger partial charge in [0.25, 0.3) is 0 Å². The van der Waals surface area contributed by atoms with E-state index in [1.54, 1.807) is 0 Å². The lowest BCUT2D eigenvalue weighted by Gasteiger charge is -2.18. The molecule has 68 heavy (non-hydrogen) atoms. The maximum Gasteiger partial charge on any atom is 0.306 e. The van der Waals surface area contributed by atoms with Crippen molar-refractivity contribution in [3.63, 3.8) is 0 Å². The normalized spacial score (nSPS) is 13.0. The van der Waals surface area contributed by atoms with Crippen molar-refractivity contribution in [2.45, 2.75) is 239 Å². The maximum atomic E-state index is 12.8. The van der Waals surface area contributed by atoms with Gasteiger partial charge < -0.3 is 14.2 Å². The first-order valence-corrected chi connectivity index (χ1v) is 27.5. The van der Waals surface area contributed by atoms with Gasteiger partial charge in [-0.15, -0.1) is 0 Å². The highest BCUT2D eigenvalue weighted by Crippen LogP contribution is 2.14. The van der Waals surface area contributed by atoms with Crippen LogP contribution in [0.3, 0.4) is 0 Å². The Morgan fingerprint density at radius 1 is 0.309 bits per heavy atom. The molecule has 0 aliphatic rings. The molecule has 0 aromatic rings. The number of rotatable bonds is 48. The van der Waals surface area contributed by atoms with Crippen LogP contribution in [0, 0.1) is 0 Å². The highest BCUT2D eigenvalue weighted by atomic mass is 16.6. The summed E-state index contributed by atoms with van der Waals surface area (Å²) in [6.45, 7) is 6.33. The van der Waals surface area contributed by atoms with Crippen molar-refractivity contribution in [3.8, 4) is 0 Å². The Morgan fingerprint density at radius 2 is 0.574 bits per heavy atom. The van der Waals surface area contributed by atoms with Crippen molar-refractivity contribution in [1.29, 1.82) is 0 Å². The number of carbonyl (C=O) groups is 3. The van der Waals surface area contributed by atoms with E-state index >= 15 is 0 Å². The Hall–Kier alpha value is -4.19. The van der Waals surface area contributed by atoms with Gasteiger partial charge in [-0.2, -0.15) is 0 Å². The number of hydrogen-bond acceptors (Lipinski definition) is 6. The van der Waals surface area contributed by atoms with Gasteiger partial charge >= 0.3 is 17.9 Å². The Morgan fingerprint density at radius 3 is 0.897 bits per heavy atom. The molecule has 0 N–H and O–H groups in total. The molecule has 6 heteroatoms. The number of unbranched alkanes of at least 4 members (excludes halogenated alkanes) is 17. The molecule has 384 valence electrons. The summed E-state index contributed by atoms with van der Waals surface area (Å²) in [6.07, 6.45) is 76.2. The van der Waals surface area contributed by atoms with Crippen LogP contribution in [0.1, 0.15) is 233 Å². The highest BCUT2D eigenvalue weighted by Gasteiger charge is 2.19. The molecule has 0 rings (SSSR count). The lowest BCUT2D eigenvalue weighted by atomic mass is 10.0. The van der Waals surface area contributed by atoms with Crippen LogP contribution < -0.4 is 0 Å². The van der Waals surface area contributed by atoms with Gasteiger partial charge in [-0.3, -0.25) is 14.4 Å². The second-order valence-corrected chi connectivity index (χ2v) is 17.7. The number of ether oxygens (including phenoxy) is 3. The van der Waals surface area contributed by atoms with Crippen molar-refractivity contribution in [2.75, 3.05) is 13.2 Å². The van der Waals surface area contributed by atoms with Gasteiger partial charge in [-0.1, -0.05) is 226 Å². The monoisotopic (exact) mass is 941 g/mol. The molecule has 0 aliphatic carbocycles.